The number of hydrogen-bond acceptors (Lipinski definition) is 4. The molecule has 0 aliphatic carbocycles. The lowest BCUT2D eigenvalue weighted by molar-refractivity contribution is 0.0250. The summed E-state index contributed by atoms with van der Waals surface area (Å²) in [5.41, 5.74) is 1.29. The summed E-state index contributed by atoms with van der Waals surface area (Å²) in [5, 5.41) is 3.23. The standard InChI is InChI=1S/C12H13N3O2/c16-12-7-9(10-8-13-4-6-17-10)14-11-3-1-2-5-15(11)12/h1-3,5,7,10,13H,4,6,8H2. The van der Waals surface area contributed by atoms with Gasteiger partial charge in [-0.2, -0.15) is 0 Å². The Hall–Kier alpha value is -1.72. The fourth-order valence-corrected chi connectivity index (χ4v) is 1.99. The van der Waals surface area contributed by atoms with Crippen LogP contribution in [0, 0.1) is 0 Å². The monoisotopic (exact) mass is 231 g/mol. The molecule has 1 aliphatic rings. The molecule has 1 unspecified atom stereocenters. The van der Waals surface area contributed by atoms with E-state index in [1.54, 1.807) is 12.3 Å². The summed E-state index contributed by atoms with van der Waals surface area (Å²) >= 11 is 0. The molecule has 1 aliphatic heterocycles. The van der Waals surface area contributed by atoms with Crippen LogP contribution >= 0.6 is 0 Å². The van der Waals surface area contributed by atoms with Gasteiger partial charge in [-0.3, -0.25) is 9.20 Å². The van der Waals surface area contributed by atoms with Gasteiger partial charge in [0.05, 0.1) is 12.3 Å². The molecular weight excluding hydrogens is 218 g/mol. The van der Waals surface area contributed by atoms with Crippen LogP contribution in [0.2, 0.25) is 0 Å². The van der Waals surface area contributed by atoms with Gasteiger partial charge in [0.25, 0.3) is 5.56 Å². The molecule has 3 heterocycles. The molecule has 0 bridgehead atoms. The van der Waals surface area contributed by atoms with E-state index in [0.717, 1.165) is 6.54 Å². The highest BCUT2D eigenvalue weighted by molar-refractivity contribution is 5.38. The van der Waals surface area contributed by atoms with Crippen molar-refractivity contribution in [3.63, 3.8) is 0 Å². The van der Waals surface area contributed by atoms with Gasteiger partial charge in [-0.1, -0.05) is 6.07 Å². The predicted molar refractivity (Wildman–Crippen MR) is 63.0 cm³/mol. The minimum absolute atomic E-state index is 0.0697. The molecule has 2 aromatic rings. The van der Waals surface area contributed by atoms with Gasteiger partial charge in [0.15, 0.2) is 0 Å². The fourth-order valence-electron chi connectivity index (χ4n) is 1.99. The Morgan fingerprint density at radius 3 is 3.24 bits per heavy atom. The van der Waals surface area contributed by atoms with E-state index in [2.05, 4.69) is 10.3 Å². The van der Waals surface area contributed by atoms with E-state index in [9.17, 15) is 4.79 Å². The first-order valence-corrected chi connectivity index (χ1v) is 5.65. The molecule has 1 saturated heterocycles. The number of ether oxygens (including phenoxy) is 1. The topological polar surface area (TPSA) is 55.6 Å². The van der Waals surface area contributed by atoms with Crippen LogP contribution in [0.25, 0.3) is 5.65 Å². The van der Waals surface area contributed by atoms with E-state index in [1.807, 2.05) is 18.2 Å². The highest BCUT2D eigenvalue weighted by atomic mass is 16.5. The van der Waals surface area contributed by atoms with Gasteiger partial charge in [-0.25, -0.2) is 4.98 Å². The van der Waals surface area contributed by atoms with Crippen molar-refractivity contribution in [2.24, 2.45) is 0 Å². The van der Waals surface area contributed by atoms with Gasteiger partial charge in [-0.15, -0.1) is 0 Å². The summed E-state index contributed by atoms with van der Waals surface area (Å²) in [6.45, 7) is 2.21. The molecule has 5 nitrogen and oxygen atoms in total. The van der Waals surface area contributed by atoms with E-state index < -0.39 is 0 Å². The van der Waals surface area contributed by atoms with E-state index in [1.165, 1.54) is 4.40 Å². The Kier molecular flexibility index (Phi) is 2.62. The third-order valence-electron chi connectivity index (χ3n) is 2.85. The quantitative estimate of drug-likeness (QED) is 0.769. The number of nitrogens with zero attached hydrogens (tertiary/aromatic N) is 2. The molecule has 3 rings (SSSR count). The zero-order valence-corrected chi connectivity index (χ0v) is 9.30. The van der Waals surface area contributed by atoms with Gasteiger partial charge < -0.3 is 10.1 Å². The van der Waals surface area contributed by atoms with Crippen molar-refractivity contribution in [3.05, 3.63) is 46.5 Å². The van der Waals surface area contributed by atoms with Crippen LogP contribution in [0.15, 0.2) is 35.3 Å². The SMILES string of the molecule is O=c1cc(C2CNCCO2)nc2ccccn12. The highest BCUT2D eigenvalue weighted by Crippen LogP contribution is 2.15. The average Bonchev–Trinajstić information content (AvgIpc) is 2.40. The second-order valence-electron chi connectivity index (χ2n) is 4.01. The number of pyridine rings is 1. The molecule has 0 amide bonds. The maximum Gasteiger partial charge on any atom is 0.258 e. The van der Waals surface area contributed by atoms with Crippen molar-refractivity contribution in [2.45, 2.75) is 6.10 Å². The van der Waals surface area contributed by atoms with Crippen LogP contribution in [-0.2, 0) is 4.74 Å². The maximum atomic E-state index is 11.9. The molecule has 17 heavy (non-hydrogen) atoms. The second-order valence-corrected chi connectivity index (χ2v) is 4.01. The number of hydrogen-bond donors (Lipinski definition) is 1. The normalized spacial score (nSPS) is 20.6. The lowest BCUT2D eigenvalue weighted by atomic mass is 10.2. The first kappa shape index (κ1) is 10.4. The molecule has 1 fully saturated rings. The zero-order valence-electron chi connectivity index (χ0n) is 9.30. The number of rotatable bonds is 1. The first-order chi connectivity index (χ1) is 8.34. The lowest BCUT2D eigenvalue weighted by Gasteiger charge is -2.23. The van der Waals surface area contributed by atoms with Crippen LogP contribution in [0.5, 0.6) is 0 Å². The Morgan fingerprint density at radius 1 is 1.47 bits per heavy atom. The zero-order chi connectivity index (χ0) is 11.7. The molecule has 0 saturated carbocycles. The molecule has 0 aromatic carbocycles. The molecule has 2 aromatic heterocycles. The molecule has 1 N–H and O–H groups in total. The fraction of sp³-hybridized carbons (Fsp3) is 0.333. The minimum Gasteiger partial charge on any atom is -0.369 e. The van der Waals surface area contributed by atoms with Crippen molar-refractivity contribution in [1.82, 2.24) is 14.7 Å². The summed E-state index contributed by atoms with van der Waals surface area (Å²) in [7, 11) is 0. The third-order valence-corrected chi connectivity index (χ3v) is 2.85. The molecule has 5 heteroatoms. The number of aromatic nitrogens is 2. The Morgan fingerprint density at radius 2 is 2.41 bits per heavy atom. The van der Waals surface area contributed by atoms with Crippen molar-refractivity contribution < 1.29 is 4.74 Å². The summed E-state index contributed by atoms with van der Waals surface area (Å²) in [5.74, 6) is 0. The van der Waals surface area contributed by atoms with Crippen LogP contribution in [-0.4, -0.2) is 29.1 Å². The third kappa shape index (κ3) is 1.94. The lowest BCUT2D eigenvalue weighted by Crippen LogP contribution is -2.34. The largest absolute Gasteiger partial charge is 0.369 e. The van der Waals surface area contributed by atoms with E-state index in [4.69, 9.17) is 4.74 Å². The maximum absolute atomic E-state index is 11.9. The summed E-state index contributed by atoms with van der Waals surface area (Å²) in [6.07, 6.45) is 1.59. The van der Waals surface area contributed by atoms with Crippen molar-refractivity contribution in [1.29, 1.82) is 0 Å². The van der Waals surface area contributed by atoms with Crippen molar-refractivity contribution in [2.75, 3.05) is 19.7 Å². The second kappa shape index (κ2) is 4.27. The predicted octanol–water partition coefficient (Wildman–Crippen LogP) is 0.355. The van der Waals surface area contributed by atoms with Crippen LogP contribution in [0.4, 0.5) is 0 Å². The smallest absolute Gasteiger partial charge is 0.258 e. The Balaban J connectivity index is 2.08. The van der Waals surface area contributed by atoms with E-state index in [0.29, 0.717) is 24.5 Å². The summed E-state index contributed by atoms with van der Waals surface area (Å²) in [4.78, 5) is 16.3. The number of fused-ring (bicyclic) bond motifs is 1. The van der Waals surface area contributed by atoms with Gasteiger partial charge in [0.1, 0.15) is 11.8 Å². The van der Waals surface area contributed by atoms with Crippen LogP contribution in [0.3, 0.4) is 0 Å². The van der Waals surface area contributed by atoms with E-state index in [-0.39, 0.29) is 11.7 Å². The molecule has 1 atom stereocenters. The molecule has 0 radical (unpaired) electrons. The number of morpholine rings is 1. The average molecular weight is 231 g/mol. The first-order valence-electron chi connectivity index (χ1n) is 5.65. The molecule has 88 valence electrons. The van der Waals surface area contributed by atoms with Gasteiger partial charge >= 0.3 is 0 Å². The Labute approximate surface area is 98.1 Å². The van der Waals surface area contributed by atoms with Gasteiger partial charge in [0.2, 0.25) is 0 Å². The Bertz CT molecular complexity index is 588. The van der Waals surface area contributed by atoms with Gasteiger partial charge in [0, 0.05) is 25.4 Å². The van der Waals surface area contributed by atoms with Gasteiger partial charge in [-0.05, 0) is 12.1 Å². The van der Waals surface area contributed by atoms with Crippen LogP contribution < -0.4 is 10.9 Å². The summed E-state index contributed by atoms with van der Waals surface area (Å²) in [6, 6.07) is 7.05. The summed E-state index contributed by atoms with van der Waals surface area (Å²) < 4.78 is 7.12. The minimum atomic E-state index is -0.123. The highest BCUT2D eigenvalue weighted by Gasteiger charge is 2.18. The van der Waals surface area contributed by atoms with Crippen molar-refractivity contribution in [3.8, 4) is 0 Å². The van der Waals surface area contributed by atoms with Crippen molar-refractivity contribution >= 4 is 5.65 Å². The van der Waals surface area contributed by atoms with Crippen LogP contribution in [0.1, 0.15) is 11.8 Å². The number of nitrogens with one attached hydrogen (secondary N) is 1. The molecular formula is C12H13N3O2. The van der Waals surface area contributed by atoms with E-state index >= 15 is 0 Å². The molecule has 0 spiro atoms.